The zero-order chi connectivity index (χ0) is 91.7. The first-order chi connectivity index (χ1) is 60.6. The van der Waals surface area contributed by atoms with Crippen molar-refractivity contribution in [1.29, 1.82) is 0 Å². The molecule has 0 amide bonds. The van der Waals surface area contributed by atoms with E-state index in [9.17, 15) is 41.1 Å². The topological polar surface area (TPSA) is 260 Å². The lowest BCUT2D eigenvalue weighted by atomic mass is 9.75. The maximum absolute atomic E-state index is 15.0. The standard InChI is InChI=1S/C25H30BFN2O4.C22H27FN2O2Si.C21H25FN2O2Si.C19H18FIN2O2.C12H18FNSi/c1-24(2)25(3,4)33-26(32-24)18-8-9-19(27)22-15(18)7-11-21(22)29-14-6-10-20(28-13-14)16-12-17(16)23(30)31-5;1-27-22(26)16-11-15(16)18-8-5-13(12-24-18)25-19-9-6-14-20(28(2,3)4)10-7-17(23)21(14)19;1-27(2,3)19-9-6-16(22)20-13(19)5-8-18(20)24-12-4-7-17(23-11-12)14-10-15(14)21(25)26;1-25-19(24)13-8-12(13)16-6-2-10(9-22-16)23-17-7-3-11-15(21)5-4-14(20)18(11)17;1-15(2,3)11-7-5-9(13)12-8(11)4-6-10(12)14/h6,8-10,13,16-17,21,29H,7,11-12H2,1-5H3;5,7-8,10,12,15-16,19,25H,6,9,11H2,1-4H3;4,6-7,9,11,14-15,18,24H,5,8,10H2,1-3H3,(H,25,26);2,4-6,9,12-13,17,23H,3,7-8H2,1H3;5,7,10H,4,6,14H2,1-3H3/t16-,17-,21+;15-,16-,19+;14-,15-,18+;12-,13-,17+;10-/m00001/s1. The lowest BCUT2D eigenvalue weighted by Gasteiger charge is -2.32. The lowest BCUT2D eigenvalue weighted by Crippen LogP contribution is -2.41. The Morgan fingerprint density at radius 1 is 0.406 bits per heavy atom. The number of carbonyl (C=O) groups is 4. The molecule has 9 aliphatic carbocycles. The van der Waals surface area contributed by atoms with Crippen LogP contribution in [0.2, 0.25) is 58.9 Å². The van der Waals surface area contributed by atoms with Crippen molar-refractivity contribution >= 4 is 122 Å². The van der Waals surface area contributed by atoms with Crippen molar-refractivity contribution in [3.63, 3.8) is 0 Å². The number of nitrogens with two attached hydrogens (primary N) is 1. The van der Waals surface area contributed by atoms with Gasteiger partial charge in [0.05, 0.1) is 152 Å². The van der Waals surface area contributed by atoms with Gasteiger partial charge in [-0.15, -0.1) is 0 Å². The quantitative estimate of drug-likeness (QED) is 0.0136. The van der Waals surface area contributed by atoms with Gasteiger partial charge in [0.25, 0.3) is 0 Å². The van der Waals surface area contributed by atoms with Crippen LogP contribution in [0.4, 0.5) is 44.7 Å². The number of benzene rings is 5. The highest BCUT2D eigenvalue weighted by Crippen LogP contribution is 2.52. The molecule has 9 aromatic rings. The smallest absolute Gasteiger partial charge is 0.481 e. The zero-order valence-corrected chi connectivity index (χ0v) is 81.1. The number of carboxylic acid groups (broad SMARTS) is 1. The minimum atomic E-state index is -1.52. The molecule has 19 rings (SSSR count). The summed E-state index contributed by atoms with van der Waals surface area (Å²) in [5.74, 6) is -2.03. The summed E-state index contributed by atoms with van der Waals surface area (Å²) >= 11 is 2.27. The summed E-state index contributed by atoms with van der Waals surface area (Å²) in [7, 11) is -0.657. The van der Waals surface area contributed by atoms with Gasteiger partial charge in [0, 0.05) is 83.9 Å². The molecular formula is C99H118BF5IN9O10Si3. The van der Waals surface area contributed by atoms with Crippen molar-refractivity contribution in [2.75, 3.05) is 42.6 Å². The number of nitrogens with zero attached hydrogens (tertiary/aromatic N) is 4. The molecule has 128 heavy (non-hydrogen) atoms. The molecule has 0 radical (unpaired) electrons. The first-order valence-electron chi connectivity index (χ1n) is 44.9. The predicted octanol–water partition coefficient (Wildman–Crippen LogP) is 18.6. The molecule has 10 aliphatic rings. The number of anilines is 4. The Morgan fingerprint density at radius 2 is 0.688 bits per heavy atom. The molecular weight excluding hydrogens is 1790 g/mol. The zero-order valence-electron chi connectivity index (χ0n) is 75.9. The van der Waals surface area contributed by atoms with Crippen LogP contribution in [0.1, 0.15) is 218 Å². The van der Waals surface area contributed by atoms with Gasteiger partial charge in [-0.2, -0.15) is 0 Å². The Labute approximate surface area is 764 Å². The number of fused-ring (bicyclic) bond motifs is 5. The highest BCUT2D eigenvalue weighted by atomic mass is 127. The third kappa shape index (κ3) is 20.0. The molecule has 0 spiro atoms. The molecule has 0 unspecified atom stereocenters. The van der Waals surface area contributed by atoms with E-state index < -0.39 is 48.5 Å². The molecule has 29 heteroatoms. The fourth-order valence-corrected chi connectivity index (χ4v) is 25.7. The molecule has 0 bridgehead atoms. The summed E-state index contributed by atoms with van der Waals surface area (Å²) in [4.78, 5) is 63.8. The molecule has 7 N–H and O–H groups in total. The van der Waals surface area contributed by atoms with E-state index >= 15 is 0 Å². The van der Waals surface area contributed by atoms with Crippen LogP contribution in [0.15, 0.2) is 134 Å². The van der Waals surface area contributed by atoms with Crippen LogP contribution in [0.5, 0.6) is 0 Å². The molecule has 676 valence electrons. The van der Waals surface area contributed by atoms with Gasteiger partial charge in [0.2, 0.25) is 0 Å². The average molecular weight is 1910 g/mol. The van der Waals surface area contributed by atoms with Crippen LogP contribution in [0.3, 0.4) is 0 Å². The largest absolute Gasteiger partial charge is 0.495 e. The number of esters is 3. The van der Waals surface area contributed by atoms with Gasteiger partial charge in [-0.25, -0.2) is 22.0 Å². The van der Waals surface area contributed by atoms with Gasteiger partial charge in [-0.1, -0.05) is 98.7 Å². The third-order valence-corrected chi connectivity index (χ3v) is 34.9. The van der Waals surface area contributed by atoms with Gasteiger partial charge < -0.3 is 55.6 Å². The summed E-state index contributed by atoms with van der Waals surface area (Å²) in [5, 5.41) is 26.9. The Hall–Kier alpha value is -9.24. The van der Waals surface area contributed by atoms with Crippen molar-refractivity contribution in [2.24, 2.45) is 29.4 Å². The van der Waals surface area contributed by atoms with E-state index in [4.69, 9.17) is 34.4 Å². The van der Waals surface area contributed by atoms with Gasteiger partial charge in [-0.05, 0) is 258 Å². The Morgan fingerprint density at radius 3 is 1.01 bits per heavy atom. The highest BCUT2D eigenvalue weighted by Gasteiger charge is 2.54. The van der Waals surface area contributed by atoms with Crippen LogP contribution < -0.4 is 48.0 Å². The van der Waals surface area contributed by atoms with Crippen LogP contribution in [0, 0.1) is 56.3 Å². The monoisotopic (exact) mass is 1910 g/mol. The number of aliphatic carboxylic acids is 1. The minimum Gasteiger partial charge on any atom is -0.481 e. The molecule has 1 saturated heterocycles. The fraction of sp³-hybridized carbons (Fsp3) is 0.455. The third-order valence-electron chi connectivity index (χ3n) is 27.7. The Kier molecular flexibility index (Phi) is 27.1. The molecule has 5 heterocycles. The molecule has 4 aromatic heterocycles. The SMILES string of the molecule is COC(=O)[C@H]1C[C@@H]1c1ccc(N[C@@H]2CCc3c(B4OC(C)(C)C(C)(C)O4)ccc(F)c32)cn1.COC(=O)[C@H]1C[C@@H]1c1ccc(N[C@@H]2CCc3c(I)ccc(F)c32)cn1.COC(=O)[C@H]1C[C@@H]1c1ccc(N[C@@H]2CCc3c([Si](C)(C)C)ccc(F)c32)cn1.C[Si](C)(C)c1ccc(F)c2c1CC[C@H]2N.C[Si](C)(C)c1ccc(F)c2c1CC[C@H]2Nc1ccc([C@H]2C[C@@H]2C(=O)O)nc1. The first kappa shape index (κ1) is 93.4. The van der Waals surface area contributed by atoms with Crippen LogP contribution in [-0.2, 0) is 74.8 Å². The van der Waals surface area contributed by atoms with E-state index in [1.807, 2.05) is 100 Å². The molecule has 13 atom stereocenters. The number of nitrogens with one attached hydrogen (secondary N) is 4. The summed E-state index contributed by atoms with van der Waals surface area (Å²) in [5.41, 5.74) is 22.5. The van der Waals surface area contributed by atoms with E-state index in [1.165, 1.54) is 59.6 Å². The average Bonchev–Trinajstić information content (AvgIpc) is 1.59. The number of hydrogen-bond donors (Lipinski definition) is 6. The first-order valence-corrected chi connectivity index (χ1v) is 56.4. The van der Waals surface area contributed by atoms with Gasteiger partial charge >= 0.3 is 31.0 Å². The predicted molar refractivity (Wildman–Crippen MR) is 507 cm³/mol. The number of carbonyl (C=O) groups excluding carboxylic acids is 3. The maximum atomic E-state index is 15.0. The number of ether oxygens (including phenoxy) is 3. The molecule has 1 aliphatic heterocycles. The number of pyridine rings is 4. The summed E-state index contributed by atoms with van der Waals surface area (Å²) in [6, 6.07) is 32.7. The highest BCUT2D eigenvalue weighted by molar-refractivity contribution is 14.1. The fourth-order valence-electron chi connectivity index (χ4n) is 19.7. The summed E-state index contributed by atoms with van der Waals surface area (Å²) in [6.07, 6.45) is 18.8. The Balaban J connectivity index is 0.000000125. The van der Waals surface area contributed by atoms with Gasteiger partial charge in [0.15, 0.2) is 0 Å². The molecule has 19 nitrogen and oxygen atoms in total. The molecule has 5 aromatic carbocycles. The van der Waals surface area contributed by atoms with E-state index in [2.05, 4.69) is 123 Å². The van der Waals surface area contributed by atoms with Crippen LogP contribution in [-0.4, -0.2) is 113 Å². The number of rotatable bonds is 20. The Bertz CT molecular complexity index is 5670. The van der Waals surface area contributed by atoms with E-state index in [0.717, 1.165) is 171 Å². The van der Waals surface area contributed by atoms with Crippen LogP contribution >= 0.6 is 22.6 Å². The van der Waals surface area contributed by atoms with Crippen molar-refractivity contribution in [3.8, 4) is 0 Å². The second kappa shape index (κ2) is 37.2. The number of methoxy groups -OCH3 is 3. The normalized spacial score (nSPS) is 24.1. The van der Waals surface area contributed by atoms with Gasteiger partial charge in [-0.3, -0.25) is 39.1 Å². The maximum Gasteiger partial charge on any atom is 0.495 e. The summed E-state index contributed by atoms with van der Waals surface area (Å²) in [6.45, 7) is 28.8. The van der Waals surface area contributed by atoms with Crippen molar-refractivity contribution in [3.05, 3.63) is 245 Å². The number of hydrogen-bond acceptors (Lipinski definition) is 18. The second-order valence-corrected chi connectivity index (χ2v) is 56.2. The molecule has 4 saturated carbocycles. The van der Waals surface area contributed by atoms with Crippen molar-refractivity contribution in [1.82, 2.24) is 19.9 Å². The van der Waals surface area contributed by atoms with Crippen molar-refractivity contribution < 1.29 is 69.8 Å². The number of halogens is 6. The van der Waals surface area contributed by atoms with E-state index in [-0.39, 0.29) is 125 Å². The van der Waals surface area contributed by atoms with Gasteiger partial charge in [0.1, 0.15) is 29.1 Å². The summed E-state index contributed by atoms with van der Waals surface area (Å²) < 4.78 is 100. The molecule has 5 fully saturated rings. The van der Waals surface area contributed by atoms with E-state index in [1.54, 1.807) is 55.1 Å². The van der Waals surface area contributed by atoms with Crippen LogP contribution in [0.25, 0.3) is 0 Å². The van der Waals surface area contributed by atoms with E-state index in [0.29, 0.717) is 12.0 Å². The number of aromatic nitrogens is 4. The lowest BCUT2D eigenvalue weighted by molar-refractivity contribution is -0.143. The minimum absolute atomic E-state index is 0.0253. The van der Waals surface area contributed by atoms with Crippen molar-refractivity contribution in [2.45, 2.75) is 242 Å². The number of carboxylic acids is 1. The second-order valence-electron chi connectivity index (χ2n) is 39.9.